The average Bonchev–Trinajstić information content (AvgIpc) is 2.63. The van der Waals surface area contributed by atoms with Gasteiger partial charge in [0, 0.05) is 36.8 Å². The van der Waals surface area contributed by atoms with E-state index >= 15 is 0 Å². The Morgan fingerprint density at radius 2 is 1.69 bits per heavy atom. The van der Waals surface area contributed by atoms with Crippen LogP contribution in [0.2, 0.25) is 5.02 Å². The molecule has 0 bridgehead atoms. The van der Waals surface area contributed by atoms with Crippen molar-refractivity contribution in [1.82, 2.24) is 9.21 Å². The highest BCUT2D eigenvalue weighted by atomic mass is 35.5. The van der Waals surface area contributed by atoms with Gasteiger partial charge in [0.05, 0.1) is 0 Å². The SMILES string of the molecule is O=C(c1cccc(Cl)c1)N1CCN(S(=O)(=O)c2cc(F)ccc2F)CC1. The molecule has 1 aliphatic rings. The van der Waals surface area contributed by atoms with E-state index in [0.717, 1.165) is 16.4 Å². The molecule has 0 atom stereocenters. The fourth-order valence-corrected chi connectivity index (χ4v) is 4.44. The molecule has 3 rings (SSSR count). The third kappa shape index (κ3) is 3.72. The van der Waals surface area contributed by atoms with Gasteiger partial charge in [0.1, 0.15) is 16.5 Å². The summed E-state index contributed by atoms with van der Waals surface area (Å²) >= 11 is 5.88. The van der Waals surface area contributed by atoms with Crippen LogP contribution in [0.1, 0.15) is 10.4 Å². The average molecular weight is 401 g/mol. The Balaban J connectivity index is 1.74. The zero-order valence-corrected chi connectivity index (χ0v) is 15.1. The number of hydrogen-bond donors (Lipinski definition) is 0. The van der Waals surface area contributed by atoms with Crippen molar-refractivity contribution < 1.29 is 22.0 Å². The summed E-state index contributed by atoms with van der Waals surface area (Å²) in [6.45, 7) is 0.262. The van der Waals surface area contributed by atoms with Crippen LogP contribution in [0.25, 0.3) is 0 Å². The molecular weight excluding hydrogens is 386 g/mol. The molecule has 9 heteroatoms. The van der Waals surface area contributed by atoms with Gasteiger partial charge in [-0.15, -0.1) is 0 Å². The van der Waals surface area contributed by atoms with Crippen LogP contribution in [-0.4, -0.2) is 49.7 Å². The zero-order chi connectivity index (χ0) is 18.9. The number of piperazine rings is 1. The van der Waals surface area contributed by atoms with Gasteiger partial charge in [0.15, 0.2) is 0 Å². The highest BCUT2D eigenvalue weighted by Crippen LogP contribution is 2.22. The lowest BCUT2D eigenvalue weighted by molar-refractivity contribution is 0.0697. The maximum atomic E-state index is 13.8. The molecule has 1 saturated heterocycles. The Kier molecular flexibility index (Phi) is 5.27. The van der Waals surface area contributed by atoms with E-state index < -0.39 is 26.6 Å². The Hall–Kier alpha value is -2.03. The lowest BCUT2D eigenvalue weighted by Gasteiger charge is -2.34. The van der Waals surface area contributed by atoms with E-state index in [4.69, 9.17) is 11.6 Å². The molecule has 1 aliphatic heterocycles. The summed E-state index contributed by atoms with van der Waals surface area (Å²) in [6.07, 6.45) is 0. The summed E-state index contributed by atoms with van der Waals surface area (Å²) in [7, 11) is -4.18. The van der Waals surface area contributed by atoms with E-state index in [2.05, 4.69) is 0 Å². The second-order valence-electron chi connectivity index (χ2n) is 5.78. The summed E-state index contributed by atoms with van der Waals surface area (Å²) in [4.78, 5) is 13.3. The Morgan fingerprint density at radius 3 is 2.35 bits per heavy atom. The van der Waals surface area contributed by atoms with Crippen LogP contribution in [0, 0.1) is 11.6 Å². The van der Waals surface area contributed by atoms with Crippen molar-refractivity contribution in [3.05, 3.63) is 64.7 Å². The molecule has 1 fully saturated rings. The van der Waals surface area contributed by atoms with E-state index in [1.54, 1.807) is 18.2 Å². The largest absolute Gasteiger partial charge is 0.336 e. The number of hydrogen-bond acceptors (Lipinski definition) is 3. The van der Waals surface area contributed by atoms with Gasteiger partial charge in [-0.2, -0.15) is 4.31 Å². The second kappa shape index (κ2) is 7.30. The van der Waals surface area contributed by atoms with E-state index in [0.29, 0.717) is 16.7 Å². The molecule has 0 N–H and O–H groups in total. The number of benzene rings is 2. The van der Waals surface area contributed by atoms with E-state index in [1.165, 1.54) is 11.0 Å². The predicted octanol–water partition coefficient (Wildman–Crippen LogP) is 2.76. The zero-order valence-electron chi connectivity index (χ0n) is 13.5. The first-order chi connectivity index (χ1) is 12.3. The predicted molar refractivity (Wildman–Crippen MR) is 92.5 cm³/mol. The molecule has 1 heterocycles. The molecule has 0 saturated carbocycles. The maximum Gasteiger partial charge on any atom is 0.253 e. The van der Waals surface area contributed by atoms with Gasteiger partial charge >= 0.3 is 0 Å². The van der Waals surface area contributed by atoms with E-state index in [-0.39, 0.29) is 32.1 Å². The highest BCUT2D eigenvalue weighted by Gasteiger charge is 2.32. The first kappa shape index (κ1) is 18.8. The van der Waals surface area contributed by atoms with Gasteiger partial charge in [-0.1, -0.05) is 17.7 Å². The molecule has 0 aromatic heterocycles. The van der Waals surface area contributed by atoms with Crippen LogP contribution in [-0.2, 0) is 10.0 Å². The monoisotopic (exact) mass is 400 g/mol. The molecule has 0 unspecified atom stereocenters. The molecule has 138 valence electrons. The van der Waals surface area contributed by atoms with Gasteiger partial charge in [0.2, 0.25) is 10.0 Å². The second-order valence-corrected chi connectivity index (χ2v) is 8.12. The third-order valence-electron chi connectivity index (χ3n) is 4.11. The Morgan fingerprint density at radius 1 is 1.00 bits per heavy atom. The van der Waals surface area contributed by atoms with Gasteiger partial charge < -0.3 is 4.90 Å². The normalized spacial score (nSPS) is 15.9. The van der Waals surface area contributed by atoms with Crippen LogP contribution in [0.4, 0.5) is 8.78 Å². The quantitative estimate of drug-likeness (QED) is 0.796. The summed E-state index contributed by atoms with van der Waals surface area (Å²) < 4.78 is 53.3. The smallest absolute Gasteiger partial charge is 0.253 e. The summed E-state index contributed by atoms with van der Waals surface area (Å²) in [6, 6.07) is 8.76. The topological polar surface area (TPSA) is 57.7 Å². The summed E-state index contributed by atoms with van der Waals surface area (Å²) in [5.74, 6) is -2.11. The molecule has 0 radical (unpaired) electrons. The van der Waals surface area contributed by atoms with Crippen molar-refractivity contribution in [2.45, 2.75) is 4.90 Å². The molecule has 26 heavy (non-hydrogen) atoms. The molecule has 5 nitrogen and oxygen atoms in total. The lowest BCUT2D eigenvalue weighted by atomic mass is 10.2. The number of amides is 1. The standard InChI is InChI=1S/C17H15ClF2N2O3S/c18-13-3-1-2-12(10-13)17(23)21-6-8-22(9-7-21)26(24,25)16-11-14(19)4-5-15(16)20/h1-5,10-11H,6-9H2. The van der Waals surface area contributed by atoms with Crippen molar-refractivity contribution in [1.29, 1.82) is 0 Å². The highest BCUT2D eigenvalue weighted by molar-refractivity contribution is 7.89. The molecular formula is C17H15ClF2N2O3S. The third-order valence-corrected chi connectivity index (χ3v) is 6.26. The summed E-state index contributed by atoms with van der Waals surface area (Å²) in [5, 5.41) is 0.429. The van der Waals surface area contributed by atoms with Gasteiger partial charge in [-0.3, -0.25) is 4.79 Å². The Bertz CT molecular complexity index is 945. The van der Waals surface area contributed by atoms with Crippen LogP contribution < -0.4 is 0 Å². The number of nitrogens with zero attached hydrogens (tertiary/aromatic N) is 2. The van der Waals surface area contributed by atoms with Crippen LogP contribution in [0.15, 0.2) is 47.4 Å². The van der Waals surface area contributed by atoms with Crippen molar-refractivity contribution in [3.63, 3.8) is 0 Å². The van der Waals surface area contributed by atoms with Crippen LogP contribution >= 0.6 is 11.6 Å². The van der Waals surface area contributed by atoms with Crippen LogP contribution in [0.5, 0.6) is 0 Å². The molecule has 1 amide bonds. The molecule has 2 aromatic rings. The lowest BCUT2D eigenvalue weighted by Crippen LogP contribution is -2.50. The van der Waals surface area contributed by atoms with E-state index in [1.807, 2.05) is 0 Å². The summed E-state index contributed by atoms with van der Waals surface area (Å²) in [5.41, 5.74) is 0.407. The number of carbonyl (C=O) groups is 1. The minimum atomic E-state index is -4.18. The maximum absolute atomic E-state index is 13.8. The first-order valence-electron chi connectivity index (χ1n) is 7.79. The molecule has 0 aliphatic carbocycles. The van der Waals surface area contributed by atoms with Crippen LogP contribution in [0.3, 0.4) is 0 Å². The molecule has 2 aromatic carbocycles. The number of sulfonamides is 1. The number of halogens is 3. The van der Waals surface area contributed by atoms with Crippen molar-refractivity contribution >= 4 is 27.5 Å². The fraction of sp³-hybridized carbons (Fsp3) is 0.235. The van der Waals surface area contributed by atoms with Gasteiger partial charge in [0.25, 0.3) is 5.91 Å². The van der Waals surface area contributed by atoms with E-state index in [9.17, 15) is 22.0 Å². The first-order valence-corrected chi connectivity index (χ1v) is 9.61. The number of rotatable bonds is 3. The molecule has 0 spiro atoms. The van der Waals surface area contributed by atoms with Crippen molar-refractivity contribution in [3.8, 4) is 0 Å². The van der Waals surface area contributed by atoms with Crippen molar-refractivity contribution in [2.24, 2.45) is 0 Å². The minimum absolute atomic E-state index is 0.00933. The Labute approximate surface area is 154 Å². The minimum Gasteiger partial charge on any atom is -0.336 e. The number of carbonyl (C=O) groups excluding carboxylic acids is 1. The van der Waals surface area contributed by atoms with Gasteiger partial charge in [-0.05, 0) is 36.4 Å². The van der Waals surface area contributed by atoms with Gasteiger partial charge in [-0.25, -0.2) is 17.2 Å². The fourth-order valence-electron chi connectivity index (χ4n) is 2.75. The van der Waals surface area contributed by atoms with Crippen molar-refractivity contribution in [2.75, 3.05) is 26.2 Å².